The van der Waals surface area contributed by atoms with Gasteiger partial charge in [-0.25, -0.2) is 4.98 Å². The largest absolute Gasteiger partial charge is 1.00 e. The first-order valence-electron chi connectivity index (χ1n) is 5.12. The van der Waals surface area contributed by atoms with Gasteiger partial charge in [0.25, 0.3) is 0 Å². The second-order valence-corrected chi connectivity index (χ2v) is 4.24. The zero-order valence-corrected chi connectivity index (χ0v) is 12.1. The molecule has 18 heavy (non-hydrogen) atoms. The van der Waals surface area contributed by atoms with Gasteiger partial charge in [-0.15, -0.1) is 11.3 Å². The summed E-state index contributed by atoms with van der Waals surface area (Å²) in [5.41, 5.74) is 0.981. The number of methoxy groups -OCH3 is 1. The van der Waals surface area contributed by atoms with Crippen molar-refractivity contribution in [1.82, 2.24) is 10.1 Å². The van der Waals surface area contributed by atoms with Crippen LogP contribution in [-0.4, -0.2) is 23.2 Å². The molecule has 2 aromatic rings. The highest BCUT2D eigenvalue weighted by molar-refractivity contribution is 7.13. The van der Waals surface area contributed by atoms with Crippen molar-refractivity contribution >= 4 is 17.3 Å². The third kappa shape index (κ3) is 3.85. The molecule has 5 nitrogen and oxygen atoms in total. The Kier molecular flexibility index (Phi) is 5.87. The zero-order valence-electron chi connectivity index (χ0n) is 9.75. The summed E-state index contributed by atoms with van der Waals surface area (Å²) in [6.07, 6.45) is 5.67. The van der Waals surface area contributed by atoms with E-state index in [9.17, 15) is 4.79 Å². The number of ether oxygens (including phenoxy) is 1. The highest BCUT2D eigenvalue weighted by Gasteiger charge is 2.09. The average molecular weight is 330 g/mol. The van der Waals surface area contributed by atoms with Gasteiger partial charge in [0.05, 0.1) is 7.11 Å². The summed E-state index contributed by atoms with van der Waals surface area (Å²) in [7, 11) is 1.38. The van der Waals surface area contributed by atoms with Crippen LogP contribution in [0.3, 0.4) is 0 Å². The fourth-order valence-electron chi connectivity index (χ4n) is 1.32. The van der Waals surface area contributed by atoms with Gasteiger partial charge in [0.15, 0.2) is 12.7 Å². The molecule has 0 aliphatic heterocycles. The molecule has 2 heterocycles. The van der Waals surface area contributed by atoms with Crippen LogP contribution in [-0.2, 0) is 16.1 Å². The van der Waals surface area contributed by atoms with Crippen molar-refractivity contribution in [3.05, 3.63) is 30.0 Å². The molecule has 2 rings (SSSR count). The van der Waals surface area contributed by atoms with Crippen molar-refractivity contribution in [3.63, 3.8) is 0 Å². The molecular formula is C11H12BrN3O2S. The molecule has 0 unspecified atom stereocenters. The third-order valence-corrected chi connectivity index (χ3v) is 3.05. The number of carbonyl (C=O) groups is 1. The Morgan fingerprint density at radius 2 is 2.39 bits per heavy atom. The molecule has 0 aromatic carbocycles. The molecule has 0 atom stereocenters. The van der Waals surface area contributed by atoms with Crippen molar-refractivity contribution in [2.45, 2.75) is 13.0 Å². The molecule has 0 N–H and O–H groups in total. The van der Waals surface area contributed by atoms with E-state index in [-0.39, 0.29) is 23.0 Å². The van der Waals surface area contributed by atoms with E-state index in [1.54, 1.807) is 28.4 Å². The van der Waals surface area contributed by atoms with E-state index >= 15 is 0 Å². The molecule has 7 heteroatoms. The Labute approximate surface area is 119 Å². The van der Waals surface area contributed by atoms with Crippen LogP contribution in [0.5, 0.6) is 0 Å². The minimum atomic E-state index is -0.233. The number of thiazole rings is 1. The normalized spacial score (nSPS) is 9.61. The van der Waals surface area contributed by atoms with Gasteiger partial charge in [-0.1, -0.05) is 4.68 Å². The predicted octanol–water partition coefficient (Wildman–Crippen LogP) is -1.94. The summed E-state index contributed by atoms with van der Waals surface area (Å²) in [5, 5.41) is 7.08. The summed E-state index contributed by atoms with van der Waals surface area (Å²) in [5.74, 6) is -0.233. The molecule has 0 radical (unpaired) electrons. The lowest BCUT2D eigenvalue weighted by atomic mass is 10.3. The standard InChI is InChI=1S/C11H12N3O2S.BrH/c1-16-10(15)3-6-14-5-2-9(8-13-14)11-12-4-7-17-11;/h2,4-5,7-8H,3,6H2,1H3;1H/q+1;/p-1. The fraction of sp³-hybridized carbons (Fsp3) is 0.273. The van der Waals surface area contributed by atoms with Crippen molar-refractivity contribution in [1.29, 1.82) is 0 Å². The minimum absolute atomic E-state index is 0. The number of halogens is 1. The summed E-state index contributed by atoms with van der Waals surface area (Å²) < 4.78 is 6.27. The van der Waals surface area contributed by atoms with Crippen molar-refractivity contribution in [2.75, 3.05) is 7.11 Å². The van der Waals surface area contributed by atoms with Gasteiger partial charge in [0.2, 0.25) is 0 Å². The molecule has 0 saturated heterocycles. The third-order valence-electron chi connectivity index (χ3n) is 2.22. The lowest BCUT2D eigenvalue weighted by Gasteiger charge is -1.96. The highest BCUT2D eigenvalue weighted by Crippen LogP contribution is 2.18. The molecule has 96 valence electrons. The maximum absolute atomic E-state index is 11.0. The maximum atomic E-state index is 11.0. The number of nitrogens with zero attached hydrogens (tertiary/aromatic N) is 3. The number of hydrogen-bond donors (Lipinski definition) is 0. The quantitative estimate of drug-likeness (QED) is 0.484. The maximum Gasteiger partial charge on any atom is 0.312 e. The van der Waals surface area contributed by atoms with Gasteiger partial charge >= 0.3 is 5.97 Å². The van der Waals surface area contributed by atoms with Crippen LogP contribution in [0.1, 0.15) is 6.42 Å². The van der Waals surface area contributed by atoms with Gasteiger partial charge in [-0.2, -0.15) is 0 Å². The van der Waals surface area contributed by atoms with Crippen molar-refractivity contribution in [2.24, 2.45) is 0 Å². The van der Waals surface area contributed by atoms with Gasteiger partial charge < -0.3 is 21.7 Å². The van der Waals surface area contributed by atoms with E-state index in [1.807, 2.05) is 17.6 Å². The van der Waals surface area contributed by atoms with E-state index in [1.165, 1.54) is 7.11 Å². The molecule has 0 spiro atoms. The fourth-order valence-corrected chi connectivity index (χ4v) is 1.95. The Balaban J connectivity index is 0.00000162. The lowest BCUT2D eigenvalue weighted by Crippen LogP contribution is -3.00. The average Bonchev–Trinajstić information content (AvgIpc) is 2.90. The van der Waals surface area contributed by atoms with Crippen LogP contribution in [0.15, 0.2) is 30.0 Å². The summed E-state index contributed by atoms with van der Waals surface area (Å²) in [6, 6.07) is 1.93. The highest BCUT2D eigenvalue weighted by atomic mass is 79.9. The first kappa shape index (κ1) is 14.7. The number of aryl methyl sites for hydroxylation is 1. The second kappa shape index (κ2) is 7.17. The molecule has 2 aromatic heterocycles. The molecule has 0 aliphatic carbocycles. The molecule has 0 fully saturated rings. The van der Waals surface area contributed by atoms with E-state index in [2.05, 4.69) is 14.8 Å². The van der Waals surface area contributed by atoms with Gasteiger partial charge in [0, 0.05) is 23.2 Å². The number of esters is 1. The first-order valence-corrected chi connectivity index (χ1v) is 6.00. The monoisotopic (exact) mass is 329 g/mol. The van der Waals surface area contributed by atoms with E-state index in [0.29, 0.717) is 13.0 Å². The Morgan fingerprint density at radius 1 is 1.56 bits per heavy atom. The van der Waals surface area contributed by atoms with Gasteiger partial charge in [0.1, 0.15) is 17.6 Å². The Hall–Kier alpha value is -1.34. The summed E-state index contributed by atoms with van der Waals surface area (Å²) in [4.78, 5) is 15.2. The van der Waals surface area contributed by atoms with E-state index < -0.39 is 0 Å². The van der Waals surface area contributed by atoms with E-state index in [0.717, 1.165) is 10.6 Å². The van der Waals surface area contributed by atoms with Crippen LogP contribution in [0.2, 0.25) is 0 Å². The molecule has 0 aliphatic rings. The van der Waals surface area contributed by atoms with Crippen LogP contribution in [0.25, 0.3) is 10.6 Å². The summed E-state index contributed by atoms with van der Waals surface area (Å²) >= 11 is 1.57. The number of hydrogen-bond acceptors (Lipinski definition) is 5. The Bertz CT molecular complexity index is 487. The van der Waals surface area contributed by atoms with Crippen LogP contribution in [0, 0.1) is 0 Å². The van der Waals surface area contributed by atoms with E-state index in [4.69, 9.17) is 0 Å². The SMILES string of the molecule is COC(=O)CC[n+]1ccc(-c2nccs2)cn1.[Br-]. The smallest absolute Gasteiger partial charge is 0.312 e. The van der Waals surface area contributed by atoms with Crippen LogP contribution in [0.4, 0.5) is 0 Å². The second-order valence-electron chi connectivity index (χ2n) is 3.34. The molecule has 0 bridgehead atoms. The Morgan fingerprint density at radius 3 is 2.94 bits per heavy atom. The van der Waals surface area contributed by atoms with Gasteiger partial charge in [-0.3, -0.25) is 4.79 Å². The predicted molar refractivity (Wildman–Crippen MR) is 62.2 cm³/mol. The van der Waals surface area contributed by atoms with Crippen LogP contribution < -0.4 is 21.7 Å². The van der Waals surface area contributed by atoms with Gasteiger partial charge in [-0.05, 0) is 5.10 Å². The number of rotatable bonds is 4. The van der Waals surface area contributed by atoms with Crippen molar-refractivity contribution < 1.29 is 31.2 Å². The summed E-state index contributed by atoms with van der Waals surface area (Å²) in [6.45, 7) is 0.519. The minimum Gasteiger partial charge on any atom is -1.00 e. The molecule has 0 amide bonds. The molecular weight excluding hydrogens is 318 g/mol. The molecule has 0 saturated carbocycles. The number of aromatic nitrogens is 3. The topological polar surface area (TPSA) is 56.0 Å². The zero-order chi connectivity index (χ0) is 12.1. The number of carbonyl (C=O) groups excluding carboxylic acids is 1. The van der Waals surface area contributed by atoms with Crippen LogP contribution >= 0.6 is 11.3 Å². The lowest BCUT2D eigenvalue weighted by molar-refractivity contribution is -0.752. The van der Waals surface area contributed by atoms with Crippen molar-refractivity contribution in [3.8, 4) is 10.6 Å². The first-order chi connectivity index (χ1) is 8.29.